The first kappa shape index (κ1) is 22.2. The van der Waals surface area contributed by atoms with Crippen molar-refractivity contribution in [3.63, 3.8) is 0 Å². The number of nitrogens with zero attached hydrogens (tertiary/aromatic N) is 4. The largest absolute Gasteiger partial charge is 0.395 e. The smallest absolute Gasteiger partial charge is 0.244 e. The number of rotatable bonds is 9. The second-order valence-corrected chi connectivity index (χ2v) is 7.51. The monoisotopic (exact) mass is 422 g/mol. The lowest BCUT2D eigenvalue weighted by atomic mass is 10.1. The van der Waals surface area contributed by atoms with Gasteiger partial charge in [0.2, 0.25) is 11.8 Å². The van der Waals surface area contributed by atoms with Crippen molar-refractivity contribution in [2.24, 2.45) is 5.92 Å². The molecule has 1 aliphatic carbocycles. The van der Waals surface area contributed by atoms with Crippen molar-refractivity contribution < 1.29 is 14.7 Å². The number of nitriles is 1. The summed E-state index contributed by atoms with van der Waals surface area (Å²) in [5.41, 5.74) is 2.22. The number of benzene rings is 1. The molecule has 1 aromatic heterocycles. The average Bonchev–Trinajstić information content (AvgIpc) is 3.63. The summed E-state index contributed by atoms with van der Waals surface area (Å²) in [5.74, 6) is 0.283. The van der Waals surface area contributed by atoms with Gasteiger partial charge in [0.25, 0.3) is 0 Å². The van der Waals surface area contributed by atoms with Crippen LogP contribution in [-0.2, 0) is 9.59 Å². The Labute approximate surface area is 181 Å². The first-order valence-corrected chi connectivity index (χ1v) is 10.3. The van der Waals surface area contributed by atoms with E-state index in [9.17, 15) is 14.9 Å². The molecule has 0 aliphatic heterocycles. The number of hydrogen-bond donors (Lipinski definition) is 3. The summed E-state index contributed by atoms with van der Waals surface area (Å²) in [5, 5.41) is 24.5. The molecule has 1 aromatic carbocycles. The Kier molecular flexibility index (Phi) is 7.15. The molecule has 1 heterocycles. The van der Waals surface area contributed by atoms with Gasteiger partial charge in [-0.15, -0.1) is 0 Å². The van der Waals surface area contributed by atoms with Crippen LogP contribution >= 0.6 is 0 Å². The molecule has 0 spiro atoms. The van der Waals surface area contributed by atoms with Crippen molar-refractivity contribution in [2.75, 3.05) is 30.8 Å². The minimum absolute atomic E-state index is 0.0339. The Hall–Kier alpha value is -3.51. The fourth-order valence-electron chi connectivity index (χ4n) is 3.09. The summed E-state index contributed by atoms with van der Waals surface area (Å²) in [4.78, 5) is 34.6. The van der Waals surface area contributed by atoms with Crippen LogP contribution in [0.3, 0.4) is 0 Å². The normalized spacial score (nSPS) is 13.7. The molecule has 0 radical (unpaired) electrons. The fraction of sp³-hybridized carbons (Fsp3) is 0.409. The molecule has 0 bridgehead atoms. The predicted molar refractivity (Wildman–Crippen MR) is 116 cm³/mol. The van der Waals surface area contributed by atoms with Crippen LogP contribution in [0.1, 0.15) is 31.7 Å². The summed E-state index contributed by atoms with van der Waals surface area (Å²) in [6.45, 7) is 1.99. The highest BCUT2D eigenvalue weighted by atomic mass is 16.3. The number of likely N-dealkylation sites (N-methyl/N-ethyl adjacent to an activating group) is 1. The molecule has 1 aliphatic rings. The number of carbonyl (C=O) groups is 2. The highest BCUT2D eigenvalue weighted by Gasteiger charge is 2.29. The Bertz CT molecular complexity index is 982. The summed E-state index contributed by atoms with van der Waals surface area (Å²) in [6, 6.07) is 6.78. The van der Waals surface area contributed by atoms with E-state index in [0.717, 1.165) is 18.4 Å². The van der Waals surface area contributed by atoms with E-state index in [-0.39, 0.29) is 30.9 Å². The molecule has 0 unspecified atom stereocenters. The molecule has 3 N–H and O–H groups in total. The van der Waals surface area contributed by atoms with Crippen LogP contribution in [0.25, 0.3) is 11.3 Å². The number of aromatic nitrogens is 2. The summed E-state index contributed by atoms with van der Waals surface area (Å²) >= 11 is 0. The Balaban J connectivity index is 1.78. The van der Waals surface area contributed by atoms with E-state index in [4.69, 9.17) is 5.11 Å². The van der Waals surface area contributed by atoms with Gasteiger partial charge in [-0.2, -0.15) is 5.26 Å². The van der Waals surface area contributed by atoms with Gasteiger partial charge in [0.15, 0.2) is 5.82 Å². The second kappa shape index (κ2) is 10.00. The third kappa shape index (κ3) is 5.55. The maximum atomic E-state index is 12.6. The maximum Gasteiger partial charge on any atom is 0.244 e. The molecule has 9 nitrogen and oxygen atoms in total. The highest BCUT2D eigenvalue weighted by Crippen LogP contribution is 2.30. The highest BCUT2D eigenvalue weighted by molar-refractivity contribution is 5.93. The Morgan fingerprint density at radius 2 is 2.10 bits per heavy atom. The van der Waals surface area contributed by atoms with Gasteiger partial charge >= 0.3 is 0 Å². The van der Waals surface area contributed by atoms with E-state index < -0.39 is 6.04 Å². The third-order valence-corrected chi connectivity index (χ3v) is 5.13. The number of carbonyl (C=O) groups excluding carboxylic acids is 2. The predicted octanol–water partition coefficient (Wildman–Crippen LogP) is 2.00. The molecule has 1 saturated carbocycles. The fourth-order valence-corrected chi connectivity index (χ4v) is 3.09. The van der Waals surface area contributed by atoms with Crippen LogP contribution in [-0.4, -0.2) is 58.0 Å². The van der Waals surface area contributed by atoms with Gasteiger partial charge in [-0.25, -0.2) is 4.98 Å². The average molecular weight is 422 g/mol. The van der Waals surface area contributed by atoms with E-state index in [1.54, 1.807) is 31.4 Å². The zero-order valence-corrected chi connectivity index (χ0v) is 17.6. The molecule has 31 heavy (non-hydrogen) atoms. The molecule has 0 saturated heterocycles. The number of aliphatic hydroxyl groups excluding tert-OH is 1. The number of aliphatic hydroxyl groups is 1. The molecule has 1 fully saturated rings. The molecular weight excluding hydrogens is 396 g/mol. The second-order valence-electron chi connectivity index (χ2n) is 7.51. The SMILES string of the molecule is CC[C@H](Nc1cc(-c2cnc(NC(=O)C3CC3)cn2)ccc1C#N)C(=O)N(C)CCO. The van der Waals surface area contributed by atoms with Crippen molar-refractivity contribution in [2.45, 2.75) is 32.2 Å². The molecule has 1 atom stereocenters. The standard InChI is InChI=1S/C22H26N6O3/c1-3-17(22(31)28(2)8-9-29)26-18-10-15(6-7-16(18)11-23)19-12-25-20(13-24-19)27-21(30)14-4-5-14/h6-7,10,12-14,17,26,29H,3-5,8-9H2,1-2H3,(H,25,27,30)/t17-/m0/s1. The lowest BCUT2D eigenvalue weighted by Gasteiger charge is -2.24. The first-order chi connectivity index (χ1) is 15.0. The van der Waals surface area contributed by atoms with Gasteiger partial charge < -0.3 is 20.6 Å². The van der Waals surface area contributed by atoms with Gasteiger partial charge in [0.1, 0.15) is 12.1 Å². The van der Waals surface area contributed by atoms with Crippen LogP contribution in [0, 0.1) is 17.2 Å². The van der Waals surface area contributed by atoms with Gasteiger partial charge in [0.05, 0.1) is 35.9 Å². The summed E-state index contributed by atoms with van der Waals surface area (Å²) in [6.07, 6.45) is 5.40. The third-order valence-electron chi connectivity index (χ3n) is 5.13. The molecule has 2 aromatic rings. The van der Waals surface area contributed by atoms with E-state index in [2.05, 4.69) is 26.7 Å². The molecule has 162 valence electrons. The topological polar surface area (TPSA) is 131 Å². The number of hydrogen-bond acceptors (Lipinski definition) is 7. The van der Waals surface area contributed by atoms with Crippen LogP contribution in [0.5, 0.6) is 0 Å². The molecular formula is C22H26N6O3. The van der Waals surface area contributed by atoms with Gasteiger partial charge in [-0.1, -0.05) is 13.0 Å². The minimum Gasteiger partial charge on any atom is -0.395 e. The maximum absolute atomic E-state index is 12.6. The van der Waals surface area contributed by atoms with E-state index in [0.29, 0.717) is 29.2 Å². The quantitative estimate of drug-likeness (QED) is 0.563. The molecule has 3 rings (SSSR count). The van der Waals surface area contributed by atoms with Crippen molar-refractivity contribution in [3.05, 3.63) is 36.2 Å². The lowest BCUT2D eigenvalue weighted by molar-refractivity contribution is -0.131. The van der Waals surface area contributed by atoms with Crippen LogP contribution in [0.15, 0.2) is 30.6 Å². The Morgan fingerprint density at radius 1 is 1.32 bits per heavy atom. The first-order valence-electron chi connectivity index (χ1n) is 10.3. The zero-order chi connectivity index (χ0) is 22.4. The Morgan fingerprint density at radius 3 is 2.68 bits per heavy atom. The minimum atomic E-state index is -0.537. The van der Waals surface area contributed by atoms with E-state index in [1.807, 2.05) is 6.92 Å². The number of nitrogens with one attached hydrogen (secondary N) is 2. The van der Waals surface area contributed by atoms with Crippen molar-refractivity contribution >= 4 is 23.3 Å². The zero-order valence-electron chi connectivity index (χ0n) is 17.6. The van der Waals surface area contributed by atoms with Gasteiger partial charge in [-0.05, 0) is 31.4 Å². The number of amides is 2. The van der Waals surface area contributed by atoms with E-state index >= 15 is 0 Å². The summed E-state index contributed by atoms with van der Waals surface area (Å²) < 4.78 is 0. The van der Waals surface area contributed by atoms with Crippen molar-refractivity contribution in [1.29, 1.82) is 5.26 Å². The summed E-state index contributed by atoms with van der Waals surface area (Å²) in [7, 11) is 1.63. The molecule has 2 amide bonds. The van der Waals surface area contributed by atoms with Crippen LogP contribution < -0.4 is 10.6 Å². The molecule has 9 heteroatoms. The lowest BCUT2D eigenvalue weighted by Crippen LogP contribution is -2.41. The van der Waals surface area contributed by atoms with Crippen molar-refractivity contribution in [1.82, 2.24) is 14.9 Å². The van der Waals surface area contributed by atoms with Gasteiger partial charge in [-0.3, -0.25) is 14.6 Å². The van der Waals surface area contributed by atoms with Gasteiger partial charge in [0, 0.05) is 25.1 Å². The van der Waals surface area contributed by atoms with Crippen LogP contribution in [0.4, 0.5) is 11.5 Å². The van der Waals surface area contributed by atoms with Crippen molar-refractivity contribution in [3.8, 4) is 17.3 Å². The van der Waals surface area contributed by atoms with Crippen LogP contribution in [0.2, 0.25) is 0 Å². The van der Waals surface area contributed by atoms with E-state index in [1.165, 1.54) is 11.1 Å². The number of anilines is 2.